The molecule has 0 saturated heterocycles. The van der Waals surface area contributed by atoms with Crippen LogP contribution in [-0.4, -0.2) is 21.1 Å². The van der Waals surface area contributed by atoms with Crippen molar-refractivity contribution in [2.45, 2.75) is 6.18 Å². The monoisotopic (exact) mass is 269 g/mol. The summed E-state index contributed by atoms with van der Waals surface area (Å²) in [7, 11) is -4.26. The minimum Gasteiger partial charge on any atom is -0.399 e. The zero-order valence-electron chi connectivity index (χ0n) is 8.45. The summed E-state index contributed by atoms with van der Waals surface area (Å²) in [5.74, 6) is 0. The lowest BCUT2D eigenvalue weighted by atomic mass is 10.3. The molecule has 1 aromatic rings. The van der Waals surface area contributed by atoms with Gasteiger partial charge in [-0.05, 0) is 18.2 Å². The van der Waals surface area contributed by atoms with E-state index in [9.17, 15) is 21.6 Å². The Balaban J connectivity index is 2.67. The Morgan fingerprint density at radius 2 is 1.94 bits per heavy atom. The van der Waals surface area contributed by atoms with E-state index in [1.165, 1.54) is 29.0 Å². The normalized spacial score (nSPS) is 12.4. The molecule has 0 atom stereocenters. The molecule has 96 valence electrons. The molecule has 9 heteroatoms. The molecule has 0 aliphatic rings. The first kappa shape index (κ1) is 13.6. The maximum absolute atomic E-state index is 11.8. The fourth-order valence-electron chi connectivity index (χ4n) is 0.970. The zero-order chi connectivity index (χ0) is 13.1. The van der Waals surface area contributed by atoms with Crippen LogP contribution in [0.1, 0.15) is 0 Å². The van der Waals surface area contributed by atoms with Crippen LogP contribution in [0.25, 0.3) is 0 Å². The molecule has 0 spiro atoms. The Morgan fingerprint density at radius 3 is 2.47 bits per heavy atom. The molecule has 1 rings (SSSR count). The summed E-state index contributed by atoms with van der Waals surface area (Å²) in [6.45, 7) is -1.63. The van der Waals surface area contributed by atoms with Gasteiger partial charge in [0.05, 0.1) is 5.69 Å². The van der Waals surface area contributed by atoms with E-state index in [-0.39, 0.29) is 5.69 Å². The van der Waals surface area contributed by atoms with Crippen molar-refractivity contribution in [2.24, 2.45) is 0 Å². The number of hydrogen-bond acceptors (Lipinski definition) is 3. The van der Waals surface area contributed by atoms with Crippen LogP contribution in [0, 0.1) is 0 Å². The molecule has 1 aromatic carbocycles. The third-order valence-corrected chi connectivity index (χ3v) is 2.63. The Labute approximate surface area is 96.0 Å². The van der Waals surface area contributed by atoms with Gasteiger partial charge >= 0.3 is 6.18 Å². The van der Waals surface area contributed by atoms with Crippen LogP contribution in [0.3, 0.4) is 0 Å². The molecular weight excluding hydrogens is 259 g/mol. The van der Waals surface area contributed by atoms with E-state index in [4.69, 9.17) is 5.73 Å². The van der Waals surface area contributed by atoms with Crippen molar-refractivity contribution in [3.8, 4) is 0 Å². The minimum atomic E-state index is -4.61. The summed E-state index contributed by atoms with van der Waals surface area (Å²) < 4.78 is 61.1. The van der Waals surface area contributed by atoms with E-state index < -0.39 is 22.9 Å². The maximum atomic E-state index is 11.8. The molecule has 0 amide bonds. The molecule has 17 heavy (non-hydrogen) atoms. The van der Waals surface area contributed by atoms with E-state index >= 15 is 0 Å². The molecule has 0 unspecified atom stereocenters. The SMILES string of the molecule is Nc1cccc(NS(=O)(=O)NCC(F)(F)F)c1. The predicted molar refractivity (Wildman–Crippen MR) is 57.5 cm³/mol. The number of halogens is 3. The second-order valence-electron chi connectivity index (χ2n) is 3.17. The number of nitrogens with one attached hydrogen (secondary N) is 2. The van der Waals surface area contributed by atoms with Crippen molar-refractivity contribution in [3.63, 3.8) is 0 Å². The first-order valence-electron chi connectivity index (χ1n) is 4.38. The smallest absolute Gasteiger partial charge is 0.399 e. The minimum absolute atomic E-state index is 0.0830. The molecule has 0 saturated carbocycles. The highest BCUT2D eigenvalue weighted by molar-refractivity contribution is 7.90. The van der Waals surface area contributed by atoms with Crippen molar-refractivity contribution in [1.82, 2.24) is 4.72 Å². The number of benzene rings is 1. The van der Waals surface area contributed by atoms with Crippen molar-refractivity contribution >= 4 is 21.6 Å². The quantitative estimate of drug-likeness (QED) is 0.715. The van der Waals surface area contributed by atoms with Gasteiger partial charge in [-0.2, -0.15) is 26.3 Å². The lowest BCUT2D eigenvalue weighted by Gasteiger charge is -2.11. The van der Waals surface area contributed by atoms with Gasteiger partial charge in [0.15, 0.2) is 0 Å². The first-order chi connectivity index (χ1) is 7.68. The Kier molecular flexibility index (Phi) is 3.83. The van der Waals surface area contributed by atoms with Crippen molar-refractivity contribution < 1.29 is 21.6 Å². The third-order valence-electron chi connectivity index (χ3n) is 1.60. The molecule has 0 aliphatic carbocycles. The maximum Gasteiger partial charge on any atom is 0.402 e. The van der Waals surface area contributed by atoms with Crippen LogP contribution >= 0.6 is 0 Å². The third kappa shape index (κ3) is 5.41. The average molecular weight is 269 g/mol. The second kappa shape index (κ2) is 4.80. The van der Waals surface area contributed by atoms with Gasteiger partial charge in [0.1, 0.15) is 6.54 Å². The molecule has 5 nitrogen and oxygen atoms in total. The Hall–Kier alpha value is -1.48. The molecule has 0 bridgehead atoms. The van der Waals surface area contributed by atoms with Gasteiger partial charge in [-0.3, -0.25) is 4.72 Å². The van der Waals surface area contributed by atoms with Gasteiger partial charge in [0, 0.05) is 5.69 Å². The van der Waals surface area contributed by atoms with Gasteiger partial charge in [-0.1, -0.05) is 6.07 Å². The lowest BCUT2D eigenvalue weighted by molar-refractivity contribution is -0.121. The van der Waals surface area contributed by atoms with Crippen molar-refractivity contribution in [3.05, 3.63) is 24.3 Å². The molecule has 0 fully saturated rings. The Bertz CT molecular complexity index is 487. The lowest BCUT2D eigenvalue weighted by Crippen LogP contribution is -2.37. The molecule has 0 aromatic heterocycles. The molecule has 0 radical (unpaired) electrons. The molecule has 4 N–H and O–H groups in total. The Morgan fingerprint density at radius 1 is 1.29 bits per heavy atom. The van der Waals surface area contributed by atoms with Gasteiger partial charge in [-0.25, -0.2) is 0 Å². The highest BCUT2D eigenvalue weighted by Gasteiger charge is 2.29. The topological polar surface area (TPSA) is 84.2 Å². The van der Waals surface area contributed by atoms with E-state index in [0.29, 0.717) is 5.69 Å². The van der Waals surface area contributed by atoms with Crippen LogP contribution in [0.15, 0.2) is 24.3 Å². The van der Waals surface area contributed by atoms with Crippen LogP contribution < -0.4 is 15.2 Å². The fourth-order valence-corrected chi connectivity index (χ4v) is 1.83. The van der Waals surface area contributed by atoms with Gasteiger partial charge in [-0.15, -0.1) is 0 Å². The van der Waals surface area contributed by atoms with Crippen LogP contribution in [0.5, 0.6) is 0 Å². The van der Waals surface area contributed by atoms with Gasteiger partial charge in [0.2, 0.25) is 0 Å². The van der Waals surface area contributed by atoms with E-state index in [0.717, 1.165) is 0 Å². The molecule has 0 aliphatic heterocycles. The second-order valence-corrected chi connectivity index (χ2v) is 4.67. The van der Waals surface area contributed by atoms with E-state index in [1.54, 1.807) is 0 Å². The number of alkyl halides is 3. The predicted octanol–water partition coefficient (Wildman–Crippen LogP) is 1.08. The number of nitrogens with two attached hydrogens (primary N) is 1. The molecule has 0 heterocycles. The number of rotatable bonds is 4. The summed E-state index contributed by atoms with van der Waals surface area (Å²) >= 11 is 0. The summed E-state index contributed by atoms with van der Waals surface area (Å²) in [5.41, 5.74) is 5.76. The van der Waals surface area contributed by atoms with Crippen molar-refractivity contribution in [2.75, 3.05) is 17.0 Å². The van der Waals surface area contributed by atoms with Crippen LogP contribution in [0.2, 0.25) is 0 Å². The summed E-state index contributed by atoms with van der Waals surface area (Å²) in [6.07, 6.45) is -4.61. The van der Waals surface area contributed by atoms with Crippen LogP contribution in [-0.2, 0) is 10.2 Å². The standard InChI is InChI=1S/C8H10F3N3O2S/c9-8(10,11)5-13-17(15,16)14-7-3-1-2-6(12)4-7/h1-4,13-14H,5,12H2. The van der Waals surface area contributed by atoms with E-state index in [2.05, 4.69) is 0 Å². The highest BCUT2D eigenvalue weighted by atomic mass is 32.2. The number of hydrogen-bond donors (Lipinski definition) is 3. The van der Waals surface area contributed by atoms with E-state index in [1.807, 2.05) is 4.72 Å². The van der Waals surface area contributed by atoms with Gasteiger partial charge in [0.25, 0.3) is 10.2 Å². The largest absolute Gasteiger partial charge is 0.402 e. The summed E-state index contributed by atoms with van der Waals surface area (Å²) in [5, 5.41) is 0. The summed E-state index contributed by atoms with van der Waals surface area (Å²) in [6, 6.07) is 5.63. The zero-order valence-corrected chi connectivity index (χ0v) is 9.27. The number of anilines is 2. The number of nitrogen functional groups attached to an aromatic ring is 1. The first-order valence-corrected chi connectivity index (χ1v) is 5.86. The highest BCUT2D eigenvalue weighted by Crippen LogP contribution is 2.15. The average Bonchev–Trinajstić information content (AvgIpc) is 2.13. The molecular formula is C8H10F3N3O2S. The fraction of sp³-hybridized carbons (Fsp3) is 0.250. The summed E-state index contributed by atoms with van der Waals surface area (Å²) in [4.78, 5) is 0. The van der Waals surface area contributed by atoms with Gasteiger partial charge < -0.3 is 5.73 Å². The van der Waals surface area contributed by atoms with Crippen molar-refractivity contribution in [1.29, 1.82) is 0 Å². The van der Waals surface area contributed by atoms with Crippen LogP contribution in [0.4, 0.5) is 24.5 Å².